The van der Waals surface area contributed by atoms with Crippen LogP contribution in [0.3, 0.4) is 0 Å². The molecule has 0 aliphatic carbocycles. The minimum atomic E-state index is -0.944. The quantitative estimate of drug-likeness (QED) is 0.948. The van der Waals surface area contributed by atoms with E-state index in [1.54, 1.807) is 18.2 Å². The Balaban J connectivity index is 1.73. The number of hydrogen-bond acceptors (Lipinski definition) is 3. The molecule has 2 aromatic rings. The van der Waals surface area contributed by atoms with Crippen LogP contribution in [-0.2, 0) is 6.54 Å². The standard InChI is InChI=1S/C16H13F2NO3/c17-12-5-4-10(8-13(12)18)9-19-16(20)11-2-1-3-14-15(11)22-7-6-21-14/h1-5,8H,6-7,9H2,(H,19,20). The van der Waals surface area contributed by atoms with Crippen molar-refractivity contribution in [3.05, 3.63) is 59.2 Å². The lowest BCUT2D eigenvalue weighted by Gasteiger charge is -2.20. The lowest BCUT2D eigenvalue weighted by atomic mass is 10.1. The van der Waals surface area contributed by atoms with Crippen molar-refractivity contribution >= 4 is 5.91 Å². The van der Waals surface area contributed by atoms with Crippen LogP contribution in [0.25, 0.3) is 0 Å². The van der Waals surface area contributed by atoms with Gasteiger partial charge in [0, 0.05) is 6.54 Å². The number of benzene rings is 2. The number of carbonyl (C=O) groups excluding carboxylic acids is 1. The lowest BCUT2D eigenvalue weighted by Crippen LogP contribution is -2.25. The zero-order valence-electron chi connectivity index (χ0n) is 11.6. The van der Waals surface area contributed by atoms with Crippen molar-refractivity contribution in [3.63, 3.8) is 0 Å². The molecular weight excluding hydrogens is 292 g/mol. The van der Waals surface area contributed by atoms with Gasteiger partial charge in [-0.15, -0.1) is 0 Å². The van der Waals surface area contributed by atoms with Crippen LogP contribution in [0.1, 0.15) is 15.9 Å². The van der Waals surface area contributed by atoms with E-state index in [9.17, 15) is 13.6 Å². The topological polar surface area (TPSA) is 47.6 Å². The number of rotatable bonds is 3. The van der Waals surface area contributed by atoms with Crippen molar-refractivity contribution in [1.29, 1.82) is 0 Å². The van der Waals surface area contributed by atoms with Crippen LogP contribution in [0, 0.1) is 11.6 Å². The van der Waals surface area contributed by atoms with E-state index in [-0.39, 0.29) is 12.5 Å². The van der Waals surface area contributed by atoms with Crippen molar-refractivity contribution in [1.82, 2.24) is 5.32 Å². The van der Waals surface area contributed by atoms with Crippen LogP contribution in [0.5, 0.6) is 11.5 Å². The first-order valence-electron chi connectivity index (χ1n) is 6.76. The third-order valence-electron chi connectivity index (χ3n) is 3.25. The number of amides is 1. The molecule has 1 heterocycles. The van der Waals surface area contributed by atoms with Crippen LogP contribution in [-0.4, -0.2) is 19.1 Å². The van der Waals surface area contributed by atoms with Crippen LogP contribution < -0.4 is 14.8 Å². The molecule has 114 valence electrons. The predicted octanol–water partition coefficient (Wildman–Crippen LogP) is 2.67. The molecule has 0 spiro atoms. The van der Waals surface area contributed by atoms with Gasteiger partial charge in [-0.2, -0.15) is 0 Å². The van der Waals surface area contributed by atoms with E-state index < -0.39 is 11.6 Å². The van der Waals surface area contributed by atoms with Gasteiger partial charge in [0.05, 0.1) is 5.56 Å². The fourth-order valence-corrected chi connectivity index (χ4v) is 2.18. The summed E-state index contributed by atoms with van der Waals surface area (Å²) in [5.41, 5.74) is 0.814. The molecular formula is C16H13F2NO3. The molecule has 3 rings (SSSR count). The lowest BCUT2D eigenvalue weighted by molar-refractivity contribution is 0.0939. The van der Waals surface area contributed by atoms with Gasteiger partial charge in [0.25, 0.3) is 5.91 Å². The van der Waals surface area contributed by atoms with E-state index in [2.05, 4.69) is 5.32 Å². The summed E-state index contributed by atoms with van der Waals surface area (Å²) in [5, 5.41) is 2.65. The maximum Gasteiger partial charge on any atom is 0.255 e. The Kier molecular flexibility index (Phi) is 3.91. The largest absolute Gasteiger partial charge is 0.486 e. The van der Waals surface area contributed by atoms with Crippen molar-refractivity contribution in [2.75, 3.05) is 13.2 Å². The zero-order valence-corrected chi connectivity index (χ0v) is 11.6. The van der Waals surface area contributed by atoms with Gasteiger partial charge in [0.2, 0.25) is 0 Å². The molecule has 0 saturated carbocycles. The van der Waals surface area contributed by atoms with Gasteiger partial charge in [0.15, 0.2) is 23.1 Å². The first kappa shape index (κ1) is 14.3. The average Bonchev–Trinajstić information content (AvgIpc) is 2.55. The van der Waals surface area contributed by atoms with Gasteiger partial charge < -0.3 is 14.8 Å². The number of halogens is 2. The summed E-state index contributed by atoms with van der Waals surface area (Å²) in [6.07, 6.45) is 0. The van der Waals surface area contributed by atoms with Gasteiger partial charge in [-0.25, -0.2) is 8.78 Å². The smallest absolute Gasteiger partial charge is 0.255 e. The van der Waals surface area contributed by atoms with Crippen molar-refractivity contribution < 1.29 is 23.0 Å². The second kappa shape index (κ2) is 6.01. The number of ether oxygens (including phenoxy) is 2. The normalized spacial score (nSPS) is 12.8. The summed E-state index contributed by atoms with van der Waals surface area (Å²) in [7, 11) is 0. The maximum atomic E-state index is 13.1. The average molecular weight is 305 g/mol. The van der Waals surface area contributed by atoms with Crippen molar-refractivity contribution in [2.24, 2.45) is 0 Å². The first-order chi connectivity index (χ1) is 10.6. The van der Waals surface area contributed by atoms with E-state index in [0.29, 0.717) is 35.8 Å². The fourth-order valence-electron chi connectivity index (χ4n) is 2.18. The van der Waals surface area contributed by atoms with Crippen LogP contribution >= 0.6 is 0 Å². The Labute approximate surface area is 125 Å². The Bertz CT molecular complexity index is 719. The summed E-state index contributed by atoms with van der Waals surface area (Å²) >= 11 is 0. The van der Waals surface area contributed by atoms with Gasteiger partial charge >= 0.3 is 0 Å². The molecule has 1 amide bonds. The molecule has 6 heteroatoms. The second-order valence-electron chi connectivity index (χ2n) is 4.76. The molecule has 0 bridgehead atoms. The van der Waals surface area contributed by atoms with Gasteiger partial charge in [-0.05, 0) is 29.8 Å². The monoisotopic (exact) mass is 305 g/mol. The number of carbonyl (C=O) groups is 1. The molecule has 1 aliphatic rings. The molecule has 1 N–H and O–H groups in total. The summed E-state index contributed by atoms with van der Waals surface area (Å²) in [6, 6.07) is 8.53. The van der Waals surface area contributed by atoms with E-state index >= 15 is 0 Å². The highest BCUT2D eigenvalue weighted by atomic mass is 19.2. The maximum absolute atomic E-state index is 13.1. The van der Waals surface area contributed by atoms with Gasteiger partial charge in [0.1, 0.15) is 13.2 Å². The highest BCUT2D eigenvalue weighted by Gasteiger charge is 2.20. The predicted molar refractivity (Wildman–Crippen MR) is 75.0 cm³/mol. The molecule has 2 aromatic carbocycles. The molecule has 1 aliphatic heterocycles. The van der Waals surface area contributed by atoms with E-state index in [0.717, 1.165) is 12.1 Å². The molecule has 22 heavy (non-hydrogen) atoms. The Morgan fingerprint density at radius 2 is 1.91 bits per heavy atom. The highest BCUT2D eigenvalue weighted by molar-refractivity contribution is 5.97. The third kappa shape index (κ3) is 2.86. The molecule has 4 nitrogen and oxygen atoms in total. The van der Waals surface area contributed by atoms with Crippen molar-refractivity contribution in [2.45, 2.75) is 6.54 Å². The molecule has 0 radical (unpaired) electrons. The number of nitrogens with one attached hydrogen (secondary N) is 1. The Hall–Kier alpha value is -2.63. The van der Waals surface area contributed by atoms with E-state index in [4.69, 9.17) is 9.47 Å². The van der Waals surface area contributed by atoms with E-state index in [1.165, 1.54) is 6.07 Å². The van der Waals surface area contributed by atoms with Gasteiger partial charge in [-0.3, -0.25) is 4.79 Å². The summed E-state index contributed by atoms with van der Waals surface area (Å²) in [4.78, 5) is 12.2. The summed E-state index contributed by atoms with van der Waals surface area (Å²) < 4.78 is 36.9. The summed E-state index contributed by atoms with van der Waals surface area (Å²) in [5.74, 6) is -1.31. The minimum Gasteiger partial charge on any atom is -0.486 e. The van der Waals surface area contributed by atoms with Crippen LogP contribution in [0.4, 0.5) is 8.78 Å². The molecule has 0 saturated heterocycles. The SMILES string of the molecule is O=C(NCc1ccc(F)c(F)c1)c1cccc2c1OCCO2. The minimum absolute atomic E-state index is 0.0839. The van der Waals surface area contributed by atoms with Crippen LogP contribution in [0.15, 0.2) is 36.4 Å². The van der Waals surface area contributed by atoms with Crippen LogP contribution in [0.2, 0.25) is 0 Å². The Morgan fingerprint density at radius 1 is 1.09 bits per heavy atom. The van der Waals surface area contributed by atoms with Gasteiger partial charge in [-0.1, -0.05) is 12.1 Å². The second-order valence-corrected chi connectivity index (χ2v) is 4.76. The fraction of sp³-hybridized carbons (Fsp3) is 0.188. The first-order valence-corrected chi connectivity index (χ1v) is 6.76. The molecule has 0 unspecified atom stereocenters. The van der Waals surface area contributed by atoms with E-state index in [1.807, 2.05) is 0 Å². The van der Waals surface area contributed by atoms with Crippen molar-refractivity contribution in [3.8, 4) is 11.5 Å². The number of fused-ring (bicyclic) bond motifs is 1. The molecule has 0 aromatic heterocycles. The molecule has 0 atom stereocenters. The number of para-hydroxylation sites is 1. The summed E-state index contributed by atoms with van der Waals surface area (Å²) in [6.45, 7) is 0.897. The third-order valence-corrected chi connectivity index (χ3v) is 3.25. The Morgan fingerprint density at radius 3 is 2.73 bits per heavy atom. The zero-order chi connectivity index (χ0) is 15.5. The number of hydrogen-bond donors (Lipinski definition) is 1. The highest BCUT2D eigenvalue weighted by Crippen LogP contribution is 2.33. The molecule has 0 fully saturated rings.